The molecule has 180 valence electrons. The number of carbonyl (C=O) groups excluding carboxylic acids is 2. The van der Waals surface area contributed by atoms with Crippen LogP contribution in [0.4, 0.5) is 5.13 Å². The van der Waals surface area contributed by atoms with E-state index in [2.05, 4.69) is 10.3 Å². The summed E-state index contributed by atoms with van der Waals surface area (Å²) in [5.41, 5.74) is 1.99. The molecule has 1 N–H and O–H groups in total. The maximum atomic E-state index is 12.9. The van der Waals surface area contributed by atoms with Crippen molar-refractivity contribution in [1.82, 2.24) is 9.88 Å². The molecule has 0 spiro atoms. The molecular weight excluding hydrogens is 499 g/mol. The lowest BCUT2D eigenvalue weighted by Crippen LogP contribution is -2.29. The molecule has 1 aromatic heterocycles. The Bertz CT molecular complexity index is 1200. The number of thiocarbonyl (C=S) groups is 1. The van der Waals surface area contributed by atoms with Crippen LogP contribution in [0.1, 0.15) is 36.8 Å². The maximum absolute atomic E-state index is 12.9. The molecule has 1 saturated heterocycles. The first-order chi connectivity index (χ1) is 17.1. The minimum atomic E-state index is -0.0721. The van der Waals surface area contributed by atoms with E-state index >= 15 is 0 Å². The molecule has 0 aliphatic carbocycles. The molecule has 9 heteroatoms. The molecule has 1 fully saturated rings. The first-order valence-corrected chi connectivity index (χ1v) is 13.4. The molecule has 0 saturated carbocycles. The number of amides is 2. The van der Waals surface area contributed by atoms with Crippen molar-refractivity contribution in [3.05, 3.63) is 82.2 Å². The lowest BCUT2D eigenvalue weighted by Gasteiger charge is -2.14. The van der Waals surface area contributed by atoms with E-state index in [4.69, 9.17) is 17.0 Å². The minimum absolute atomic E-state index is 0.0385. The number of ether oxygens (including phenoxy) is 1. The first kappa shape index (κ1) is 25.1. The monoisotopic (exact) mass is 523 g/mol. The van der Waals surface area contributed by atoms with Gasteiger partial charge in [0.15, 0.2) is 5.13 Å². The van der Waals surface area contributed by atoms with Gasteiger partial charge in [0.25, 0.3) is 5.91 Å². The number of carbonyl (C=O) groups is 2. The lowest BCUT2D eigenvalue weighted by atomic mass is 10.1. The van der Waals surface area contributed by atoms with Gasteiger partial charge >= 0.3 is 0 Å². The zero-order valence-electron chi connectivity index (χ0n) is 19.0. The number of nitrogens with one attached hydrogen (secondary N) is 1. The van der Waals surface area contributed by atoms with Gasteiger partial charge < -0.3 is 10.1 Å². The summed E-state index contributed by atoms with van der Waals surface area (Å²) in [5, 5.41) is 5.22. The van der Waals surface area contributed by atoms with Crippen molar-refractivity contribution in [2.45, 2.75) is 32.3 Å². The number of anilines is 1. The van der Waals surface area contributed by atoms with Gasteiger partial charge in [-0.05, 0) is 42.2 Å². The molecule has 0 radical (unpaired) electrons. The third kappa shape index (κ3) is 7.48. The molecule has 1 aliphatic heterocycles. The summed E-state index contributed by atoms with van der Waals surface area (Å²) in [5.74, 6) is 0.637. The molecule has 0 unspecified atom stereocenters. The van der Waals surface area contributed by atoms with E-state index < -0.39 is 0 Å². The Kier molecular flexibility index (Phi) is 9.05. The van der Waals surface area contributed by atoms with Crippen LogP contribution in [0.5, 0.6) is 5.75 Å². The van der Waals surface area contributed by atoms with E-state index in [1.54, 1.807) is 11.1 Å². The molecule has 2 heterocycles. The summed E-state index contributed by atoms with van der Waals surface area (Å²) in [6.07, 6.45) is 6.32. The predicted octanol–water partition coefficient (Wildman–Crippen LogP) is 6.12. The summed E-state index contributed by atoms with van der Waals surface area (Å²) in [6, 6.07) is 17.7. The Morgan fingerprint density at radius 3 is 2.77 bits per heavy atom. The average Bonchev–Trinajstić information content (AvgIpc) is 3.46. The normalized spacial score (nSPS) is 14.5. The highest BCUT2D eigenvalue weighted by Crippen LogP contribution is 2.33. The van der Waals surface area contributed by atoms with Gasteiger partial charge in [0.2, 0.25) is 5.91 Å². The van der Waals surface area contributed by atoms with E-state index in [0.29, 0.717) is 33.9 Å². The van der Waals surface area contributed by atoms with Crippen molar-refractivity contribution < 1.29 is 14.3 Å². The van der Waals surface area contributed by atoms with Crippen molar-refractivity contribution in [2.75, 3.05) is 11.9 Å². The van der Waals surface area contributed by atoms with Crippen LogP contribution in [0.2, 0.25) is 0 Å². The third-order valence-electron chi connectivity index (χ3n) is 5.24. The van der Waals surface area contributed by atoms with Gasteiger partial charge in [-0.25, -0.2) is 4.98 Å². The van der Waals surface area contributed by atoms with Crippen molar-refractivity contribution in [2.24, 2.45) is 0 Å². The molecule has 4 rings (SSSR count). The van der Waals surface area contributed by atoms with Crippen LogP contribution < -0.4 is 10.1 Å². The van der Waals surface area contributed by atoms with Gasteiger partial charge in [-0.3, -0.25) is 14.5 Å². The molecule has 35 heavy (non-hydrogen) atoms. The van der Waals surface area contributed by atoms with Gasteiger partial charge in [-0.1, -0.05) is 72.9 Å². The van der Waals surface area contributed by atoms with Crippen LogP contribution in [0.15, 0.2) is 71.1 Å². The van der Waals surface area contributed by atoms with Gasteiger partial charge in [-0.2, -0.15) is 0 Å². The Morgan fingerprint density at radius 2 is 1.97 bits per heavy atom. The quantitative estimate of drug-likeness (QED) is 0.185. The predicted molar refractivity (Wildman–Crippen MR) is 146 cm³/mol. The van der Waals surface area contributed by atoms with Crippen molar-refractivity contribution in [1.29, 1.82) is 0 Å². The molecular formula is C26H25N3O3S3. The third-order valence-corrected chi connectivity index (χ3v) is 7.31. The number of thiazole rings is 1. The highest BCUT2D eigenvalue weighted by atomic mass is 32.2. The summed E-state index contributed by atoms with van der Waals surface area (Å²) in [4.78, 5) is 31.2. The molecule has 2 amide bonds. The van der Waals surface area contributed by atoms with Gasteiger partial charge in [0, 0.05) is 24.5 Å². The highest BCUT2D eigenvalue weighted by molar-refractivity contribution is 8.26. The number of nitrogens with zero attached hydrogens (tertiary/aromatic N) is 2. The van der Waals surface area contributed by atoms with Gasteiger partial charge in [-0.15, -0.1) is 11.3 Å². The smallest absolute Gasteiger partial charge is 0.266 e. The van der Waals surface area contributed by atoms with E-state index in [-0.39, 0.29) is 11.8 Å². The van der Waals surface area contributed by atoms with Crippen molar-refractivity contribution >= 4 is 62.7 Å². The molecule has 0 atom stereocenters. The second-order valence-corrected chi connectivity index (χ2v) is 10.4. The second-order valence-electron chi connectivity index (χ2n) is 7.88. The van der Waals surface area contributed by atoms with Crippen LogP contribution in [-0.4, -0.2) is 32.6 Å². The number of hydrogen-bond donors (Lipinski definition) is 1. The standard InChI is InChI=1S/C26H25N3O3S3/c30-23(28-25-27-13-15-34-25)12-5-2-6-14-29-24(31)22(35-26(29)33)17-20-10-7-11-21(16-20)32-18-19-8-3-1-4-9-19/h1,3-4,7-11,13,15-17H,2,5-6,12,14,18H2,(H,27,28,30)/b22-17-. The van der Waals surface area contributed by atoms with Gasteiger partial charge in [0.05, 0.1) is 4.91 Å². The fourth-order valence-corrected chi connectivity index (χ4v) is 5.33. The van der Waals surface area contributed by atoms with E-state index in [1.165, 1.54) is 23.1 Å². The summed E-state index contributed by atoms with van der Waals surface area (Å²) < 4.78 is 6.47. The molecule has 6 nitrogen and oxygen atoms in total. The molecule has 0 bridgehead atoms. The maximum Gasteiger partial charge on any atom is 0.266 e. The lowest BCUT2D eigenvalue weighted by molar-refractivity contribution is -0.122. The zero-order chi connectivity index (χ0) is 24.5. The molecule has 1 aliphatic rings. The zero-order valence-corrected chi connectivity index (χ0v) is 21.5. The number of aromatic nitrogens is 1. The average molecular weight is 524 g/mol. The Balaban J connectivity index is 1.24. The fraction of sp³-hybridized carbons (Fsp3) is 0.231. The number of thioether (sulfide) groups is 1. The number of benzene rings is 2. The summed E-state index contributed by atoms with van der Waals surface area (Å²) in [7, 11) is 0. The van der Waals surface area contributed by atoms with Crippen LogP contribution in [-0.2, 0) is 16.2 Å². The number of unbranched alkanes of at least 4 members (excludes halogenated alkanes) is 2. The van der Waals surface area contributed by atoms with Crippen molar-refractivity contribution in [3.63, 3.8) is 0 Å². The van der Waals surface area contributed by atoms with Crippen LogP contribution in [0.3, 0.4) is 0 Å². The Hall–Kier alpha value is -3.01. The second kappa shape index (κ2) is 12.6. The fourth-order valence-electron chi connectivity index (χ4n) is 3.48. The first-order valence-electron chi connectivity index (χ1n) is 11.3. The van der Waals surface area contributed by atoms with E-state index in [0.717, 1.165) is 36.1 Å². The van der Waals surface area contributed by atoms with Crippen LogP contribution >= 0.6 is 35.3 Å². The number of hydrogen-bond acceptors (Lipinski definition) is 7. The SMILES string of the molecule is O=C(CCCCCN1C(=O)/C(=C/c2cccc(OCc3ccccc3)c2)SC1=S)Nc1nccs1. The van der Waals surface area contributed by atoms with Crippen molar-refractivity contribution in [3.8, 4) is 5.75 Å². The van der Waals surface area contributed by atoms with E-state index in [1.807, 2.05) is 66.1 Å². The minimum Gasteiger partial charge on any atom is -0.489 e. The summed E-state index contributed by atoms with van der Waals surface area (Å²) in [6.45, 7) is 1.04. The van der Waals surface area contributed by atoms with Gasteiger partial charge in [0.1, 0.15) is 16.7 Å². The van der Waals surface area contributed by atoms with Crippen LogP contribution in [0.25, 0.3) is 6.08 Å². The summed E-state index contributed by atoms with van der Waals surface area (Å²) >= 11 is 8.17. The molecule has 3 aromatic rings. The number of rotatable bonds is 11. The highest BCUT2D eigenvalue weighted by Gasteiger charge is 2.31. The Labute approximate surface area is 218 Å². The molecule has 2 aromatic carbocycles. The largest absolute Gasteiger partial charge is 0.489 e. The van der Waals surface area contributed by atoms with Crippen LogP contribution in [0, 0.1) is 0 Å². The van der Waals surface area contributed by atoms with E-state index in [9.17, 15) is 9.59 Å². The Morgan fingerprint density at radius 1 is 1.11 bits per heavy atom. The topological polar surface area (TPSA) is 71.5 Å².